The maximum Gasteiger partial charge on any atom is 0.319 e. The molecule has 0 spiro atoms. The van der Waals surface area contributed by atoms with Gasteiger partial charge in [-0.15, -0.1) is 0 Å². The predicted molar refractivity (Wildman–Crippen MR) is 144 cm³/mol. The number of aryl methyl sites for hydroxylation is 1. The number of rotatable bonds is 8. The lowest BCUT2D eigenvalue weighted by atomic mass is 10.1. The monoisotopic (exact) mass is 516 g/mol. The summed E-state index contributed by atoms with van der Waals surface area (Å²) in [5.41, 5.74) is 3.70. The van der Waals surface area contributed by atoms with Gasteiger partial charge in [0.05, 0.1) is 41.5 Å². The van der Waals surface area contributed by atoms with E-state index in [1.54, 1.807) is 36.1 Å². The number of halogens is 1. The second-order valence-corrected chi connectivity index (χ2v) is 8.57. The first-order chi connectivity index (χ1) is 18.5. The Kier molecular flexibility index (Phi) is 8.74. The highest BCUT2D eigenvalue weighted by Gasteiger charge is 2.17. The van der Waals surface area contributed by atoms with Crippen molar-refractivity contribution in [1.82, 2.24) is 14.9 Å². The SMILES string of the molecule is COCCNC(=O)Nc1cn2ncc(C#N)c(NC3=C/CCC=C(OC4=CC=C(F)CC=C4)/C=C\3)c2c1C. The summed E-state index contributed by atoms with van der Waals surface area (Å²) in [6.45, 7) is 2.64. The van der Waals surface area contributed by atoms with Crippen molar-refractivity contribution >= 4 is 22.9 Å². The highest BCUT2D eigenvalue weighted by atomic mass is 19.1. The molecule has 0 atom stereocenters. The van der Waals surface area contributed by atoms with E-state index in [1.165, 1.54) is 12.3 Å². The lowest BCUT2D eigenvalue weighted by Crippen LogP contribution is -2.31. The Bertz CT molecular complexity index is 1440. The lowest BCUT2D eigenvalue weighted by molar-refractivity contribution is 0.198. The van der Waals surface area contributed by atoms with E-state index >= 15 is 0 Å². The quantitative estimate of drug-likeness (QED) is 0.398. The van der Waals surface area contributed by atoms with Gasteiger partial charge >= 0.3 is 6.03 Å². The van der Waals surface area contributed by atoms with Crippen molar-refractivity contribution in [2.75, 3.05) is 30.9 Å². The molecular formula is C28H29FN6O3. The van der Waals surface area contributed by atoms with Crippen molar-refractivity contribution in [3.8, 4) is 6.07 Å². The molecule has 0 radical (unpaired) electrons. The van der Waals surface area contributed by atoms with Gasteiger partial charge in [0.2, 0.25) is 0 Å². The summed E-state index contributed by atoms with van der Waals surface area (Å²) in [7, 11) is 1.56. The smallest absolute Gasteiger partial charge is 0.319 e. The number of amides is 2. The number of hydrogen-bond donors (Lipinski definition) is 3. The van der Waals surface area contributed by atoms with Crippen LogP contribution < -0.4 is 16.0 Å². The number of methoxy groups -OCH3 is 1. The molecular weight excluding hydrogens is 487 g/mol. The van der Waals surface area contributed by atoms with Crippen molar-refractivity contribution < 1.29 is 18.7 Å². The van der Waals surface area contributed by atoms with Gasteiger partial charge in [0.25, 0.3) is 0 Å². The average molecular weight is 517 g/mol. The highest BCUT2D eigenvalue weighted by molar-refractivity contribution is 5.94. The van der Waals surface area contributed by atoms with Gasteiger partial charge in [0.1, 0.15) is 23.4 Å². The standard InChI is InChI=1S/C28H29FN6O3/c1-19-25(34-28(36)31-14-15-37-2)18-35-27(19)26(20(16-30)17-32-35)33-22-7-3-4-8-23(13-11-22)38-24-9-5-6-21(29)10-12-24/h5,7-13,17-18,33H,3-4,6,14-15H2,1-2H3,(H2,31,34,36)/b13-11-,22-7+,23-8?. The molecule has 0 saturated carbocycles. The molecule has 0 unspecified atom stereocenters. The molecule has 0 aromatic carbocycles. The lowest BCUT2D eigenvalue weighted by Gasteiger charge is -2.14. The molecule has 10 heteroatoms. The minimum Gasteiger partial charge on any atom is -0.458 e. The van der Waals surface area contributed by atoms with Crippen LogP contribution in [0.5, 0.6) is 0 Å². The zero-order valence-corrected chi connectivity index (χ0v) is 21.3. The zero-order valence-electron chi connectivity index (χ0n) is 21.3. The number of nitrogens with zero attached hydrogens (tertiary/aromatic N) is 3. The molecule has 2 aromatic rings. The summed E-state index contributed by atoms with van der Waals surface area (Å²) in [6, 6.07) is 1.84. The number of ether oxygens (including phenoxy) is 2. The van der Waals surface area contributed by atoms with E-state index < -0.39 is 0 Å². The van der Waals surface area contributed by atoms with Crippen LogP contribution in [0, 0.1) is 18.3 Å². The second-order valence-electron chi connectivity index (χ2n) is 8.57. The molecule has 3 N–H and O–H groups in total. The van der Waals surface area contributed by atoms with Crippen LogP contribution in [0.4, 0.5) is 20.6 Å². The van der Waals surface area contributed by atoms with Crippen LogP contribution in [0.25, 0.3) is 5.52 Å². The summed E-state index contributed by atoms with van der Waals surface area (Å²) in [5, 5.41) is 23.1. The summed E-state index contributed by atoms with van der Waals surface area (Å²) < 4.78 is 26.1. The van der Waals surface area contributed by atoms with Crippen molar-refractivity contribution in [3.05, 3.63) is 95.2 Å². The fourth-order valence-electron chi connectivity index (χ4n) is 3.93. The molecule has 0 saturated heterocycles. The van der Waals surface area contributed by atoms with Crippen LogP contribution in [-0.2, 0) is 9.47 Å². The molecule has 0 fully saturated rings. The van der Waals surface area contributed by atoms with Crippen LogP contribution in [0.2, 0.25) is 0 Å². The second kappa shape index (κ2) is 12.6. The molecule has 2 aliphatic carbocycles. The van der Waals surface area contributed by atoms with Crippen LogP contribution in [0.3, 0.4) is 0 Å². The molecule has 2 aliphatic rings. The molecule has 0 aliphatic heterocycles. The zero-order chi connectivity index (χ0) is 26.9. The number of nitrogens with one attached hydrogen (secondary N) is 3. The van der Waals surface area contributed by atoms with Gasteiger partial charge in [-0.25, -0.2) is 13.7 Å². The Morgan fingerprint density at radius 3 is 2.87 bits per heavy atom. The van der Waals surface area contributed by atoms with E-state index in [2.05, 4.69) is 27.1 Å². The van der Waals surface area contributed by atoms with Gasteiger partial charge in [-0.2, -0.15) is 10.4 Å². The molecule has 0 bridgehead atoms. The third-order valence-corrected chi connectivity index (χ3v) is 5.85. The van der Waals surface area contributed by atoms with Crippen LogP contribution in [0.15, 0.2) is 84.0 Å². The molecule has 2 heterocycles. The molecule has 4 rings (SSSR count). The van der Waals surface area contributed by atoms with E-state index in [4.69, 9.17) is 9.47 Å². The molecule has 9 nitrogen and oxygen atoms in total. The topological polar surface area (TPSA) is 113 Å². The first-order valence-corrected chi connectivity index (χ1v) is 12.2. The maximum absolute atomic E-state index is 13.5. The Morgan fingerprint density at radius 1 is 1.21 bits per heavy atom. The van der Waals surface area contributed by atoms with Gasteiger partial charge in [0.15, 0.2) is 0 Å². The van der Waals surface area contributed by atoms with Crippen molar-refractivity contribution in [1.29, 1.82) is 5.26 Å². The fraction of sp³-hybridized carbons (Fsp3) is 0.250. The summed E-state index contributed by atoms with van der Waals surface area (Å²) >= 11 is 0. The summed E-state index contributed by atoms with van der Waals surface area (Å²) in [5.74, 6) is 0.957. The number of hydrogen-bond acceptors (Lipinski definition) is 6. The van der Waals surface area contributed by atoms with E-state index in [9.17, 15) is 14.4 Å². The minimum absolute atomic E-state index is 0.223. The highest BCUT2D eigenvalue weighted by Crippen LogP contribution is 2.31. The Balaban J connectivity index is 1.57. The van der Waals surface area contributed by atoms with E-state index in [1.807, 2.05) is 31.2 Å². The van der Waals surface area contributed by atoms with E-state index in [-0.39, 0.29) is 18.3 Å². The minimum atomic E-state index is -0.363. The van der Waals surface area contributed by atoms with E-state index in [0.29, 0.717) is 47.1 Å². The maximum atomic E-state index is 13.5. The summed E-state index contributed by atoms with van der Waals surface area (Å²) in [4.78, 5) is 12.3. The number of nitriles is 1. The van der Waals surface area contributed by atoms with Crippen LogP contribution >= 0.6 is 0 Å². The average Bonchev–Trinajstić information content (AvgIpc) is 3.06. The molecule has 38 heavy (non-hydrogen) atoms. The fourth-order valence-corrected chi connectivity index (χ4v) is 3.93. The van der Waals surface area contributed by atoms with Gasteiger partial charge in [0, 0.05) is 31.3 Å². The van der Waals surface area contributed by atoms with Crippen molar-refractivity contribution in [2.45, 2.75) is 26.2 Å². The number of urea groups is 1. The third-order valence-electron chi connectivity index (χ3n) is 5.85. The van der Waals surface area contributed by atoms with Crippen LogP contribution in [-0.4, -0.2) is 35.9 Å². The van der Waals surface area contributed by atoms with Gasteiger partial charge in [-0.3, -0.25) is 0 Å². The van der Waals surface area contributed by atoms with Crippen molar-refractivity contribution in [3.63, 3.8) is 0 Å². The Labute approximate surface area is 220 Å². The normalized spacial score (nSPS) is 17.4. The van der Waals surface area contributed by atoms with Gasteiger partial charge in [-0.05, 0) is 56.2 Å². The first kappa shape index (κ1) is 26.4. The first-order valence-electron chi connectivity index (χ1n) is 12.2. The van der Waals surface area contributed by atoms with Crippen LogP contribution in [0.1, 0.15) is 30.4 Å². The Morgan fingerprint density at radius 2 is 2.05 bits per heavy atom. The number of carbonyl (C=O) groups is 1. The summed E-state index contributed by atoms with van der Waals surface area (Å²) in [6.07, 6.45) is 19.1. The number of aromatic nitrogens is 2. The third kappa shape index (κ3) is 6.57. The Hall–Kier alpha value is -4.62. The molecule has 2 amide bonds. The largest absolute Gasteiger partial charge is 0.458 e. The number of anilines is 2. The number of fused-ring (bicyclic) bond motifs is 1. The number of allylic oxidation sites excluding steroid dienone is 9. The number of carbonyl (C=O) groups excluding carboxylic acids is 1. The van der Waals surface area contributed by atoms with Crippen molar-refractivity contribution in [2.24, 2.45) is 0 Å². The van der Waals surface area contributed by atoms with E-state index in [0.717, 1.165) is 24.1 Å². The van der Waals surface area contributed by atoms with Gasteiger partial charge in [-0.1, -0.05) is 12.2 Å². The molecule has 2 aromatic heterocycles. The predicted octanol–water partition coefficient (Wildman–Crippen LogP) is 5.53. The van der Waals surface area contributed by atoms with Gasteiger partial charge < -0.3 is 25.4 Å². The molecule has 196 valence electrons.